The smallest absolute Gasteiger partial charge is 0.251 e. The Hall–Kier alpha value is -1.75. The molecule has 0 aliphatic carbocycles. The summed E-state index contributed by atoms with van der Waals surface area (Å²) in [6.45, 7) is 8.05. The van der Waals surface area contributed by atoms with Gasteiger partial charge in [0.1, 0.15) is 0 Å². The molecule has 1 unspecified atom stereocenters. The molecule has 1 atom stereocenters. The summed E-state index contributed by atoms with van der Waals surface area (Å²) in [5, 5.41) is 6.23. The van der Waals surface area contributed by atoms with E-state index in [1.165, 1.54) is 25.9 Å². The Balaban J connectivity index is 2.00. The SMILES string of the molecule is CCNC(=O)c1ccc(N)c(NC(C)CN2CCCC2)c1. The van der Waals surface area contributed by atoms with Crippen molar-refractivity contribution in [3.05, 3.63) is 23.8 Å². The fourth-order valence-corrected chi connectivity index (χ4v) is 2.75. The van der Waals surface area contributed by atoms with Gasteiger partial charge in [-0.25, -0.2) is 0 Å². The quantitative estimate of drug-likeness (QED) is 0.700. The van der Waals surface area contributed by atoms with Crippen molar-refractivity contribution in [2.24, 2.45) is 0 Å². The lowest BCUT2D eigenvalue weighted by atomic mass is 10.1. The molecular weight excluding hydrogens is 264 g/mol. The van der Waals surface area contributed by atoms with Gasteiger partial charge in [-0.2, -0.15) is 0 Å². The van der Waals surface area contributed by atoms with Gasteiger partial charge < -0.3 is 21.3 Å². The molecule has 1 aromatic rings. The number of benzene rings is 1. The third-order valence-electron chi connectivity index (χ3n) is 3.79. The van der Waals surface area contributed by atoms with E-state index in [4.69, 9.17) is 5.73 Å². The molecule has 0 saturated carbocycles. The molecule has 0 aromatic heterocycles. The fraction of sp³-hybridized carbons (Fsp3) is 0.562. The third-order valence-corrected chi connectivity index (χ3v) is 3.79. The zero-order valence-electron chi connectivity index (χ0n) is 13.0. The molecule has 4 N–H and O–H groups in total. The maximum Gasteiger partial charge on any atom is 0.251 e. The second kappa shape index (κ2) is 7.31. The van der Waals surface area contributed by atoms with Crippen LogP contribution >= 0.6 is 0 Å². The topological polar surface area (TPSA) is 70.4 Å². The van der Waals surface area contributed by atoms with Crippen LogP contribution in [0.1, 0.15) is 37.0 Å². The zero-order chi connectivity index (χ0) is 15.2. The van der Waals surface area contributed by atoms with E-state index in [0.29, 0.717) is 23.8 Å². The van der Waals surface area contributed by atoms with E-state index in [-0.39, 0.29) is 5.91 Å². The van der Waals surface area contributed by atoms with Crippen LogP contribution in [0.3, 0.4) is 0 Å². The minimum absolute atomic E-state index is 0.0623. The maximum atomic E-state index is 11.9. The van der Waals surface area contributed by atoms with E-state index in [1.54, 1.807) is 12.1 Å². The summed E-state index contributed by atoms with van der Waals surface area (Å²) in [5.41, 5.74) is 8.17. The number of hydrogen-bond donors (Lipinski definition) is 3. The molecular formula is C16H26N4O. The van der Waals surface area contributed by atoms with E-state index in [1.807, 2.05) is 13.0 Å². The number of anilines is 2. The van der Waals surface area contributed by atoms with Gasteiger partial charge in [0.15, 0.2) is 0 Å². The summed E-state index contributed by atoms with van der Waals surface area (Å²) in [5.74, 6) is -0.0623. The average molecular weight is 290 g/mol. The highest BCUT2D eigenvalue weighted by atomic mass is 16.1. The van der Waals surface area contributed by atoms with Crippen molar-refractivity contribution in [2.75, 3.05) is 37.2 Å². The van der Waals surface area contributed by atoms with Gasteiger partial charge in [0.05, 0.1) is 11.4 Å². The van der Waals surface area contributed by atoms with E-state index in [9.17, 15) is 4.79 Å². The minimum Gasteiger partial charge on any atom is -0.397 e. The first-order valence-electron chi connectivity index (χ1n) is 7.76. The molecule has 0 spiro atoms. The average Bonchev–Trinajstić information content (AvgIpc) is 2.94. The number of nitrogens with two attached hydrogens (primary N) is 1. The molecule has 1 saturated heterocycles. The summed E-state index contributed by atoms with van der Waals surface area (Å²) in [7, 11) is 0. The monoisotopic (exact) mass is 290 g/mol. The number of rotatable bonds is 6. The van der Waals surface area contributed by atoms with Gasteiger partial charge in [0.2, 0.25) is 0 Å². The van der Waals surface area contributed by atoms with Gasteiger partial charge in [-0.1, -0.05) is 0 Å². The Bertz CT molecular complexity index is 483. The van der Waals surface area contributed by atoms with Crippen LogP contribution < -0.4 is 16.4 Å². The lowest BCUT2D eigenvalue weighted by Gasteiger charge is -2.23. The number of nitrogens with zero attached hydrogens (tertiary/aromatic N) is 1. The Morgan fingerprint density at radius 3 is 2.76 bits per heavy atom. The van der Waals surface area contributed by atoms with Crippen molar-refractivity contribution < 1.29 is 4.79 Å². The first-order chi connectivity index (χ1) is 10.1. The molecule has 0 bridgehead atoms. The summed E-state index contributed by atoms with van der Waals surface area (Å²) >= 11 is 0. The summed E-state index contributed by atoms with van der Waals surface area (Å²) < 4.78 is 0. The summed E-state index contributed by atoms with van der Waals surface area (Å²) in [6.07, 6.45) is 2.59. The highest BCUT2D eigenvalue weighted by molar-refractivity contribution is 5.96. The molecule has 0 radical (unpaired) electrons. The van der Waals surface area contributed by atoms with Crippen molar-refractivity contribution in [1.29, 1.82) is 0 Å². The zero-order valence-corrected chi connectivity index (χ0v) is 13.0. The molecule has 1 amide bonds. The fourth-order valence-electron chi connectivity index (χ4n) is 2.75. The second-order valence-electron chi connectivity index (χ2n) is 5.71. The van der Waals surface area contributed by atoms with Gasteiger partial charge >= 0.3 is 0 Å². The van der Waals surface area contributed by atoms with E-state index in [2.05, 4.69) is 22.5 Å². The molecule has 1 heterocycles. The van der Waals surface area contributed by atoms with Crippen molar-refractivity contribution in [2.45, 2.75) is 32.7 Å². The molecule has 2 rings (SSSR count). The van der Waals surface area contributed by atoms with Crippen LogP contribution in [0.25, 0.3) is 0 Å². The summed E-state index contributed by atoms with van der Waals surface area (Å²) in [6, 6.07) is 5.68. The third kappa shape index (κ3) is 4.36. The number of likely N-dealkylation sites (tertiary alicyclic amines) is 1. The molecule has 1 aliphatic rings. The normalized spacial score (nSPS) is 16.7. The largest absolute Gasteiger partial charge is 0.397 e. The predicted octanol–water partition coefficient (Wildman–Crippen LogP) is 1.91. The number of amides is 1. The molecule has 21 heavy (non-hydrogen) atoms. The van der Waals surface area contributed by atoms with Gasteiger partial charge in [-0.05, 0) is 58.0 Å². The van der Waals surface area contributed by atoms with Crippen LogP contribution in [0.4, 0.5) is 11.4 Å². The Morgan fingerprint density at radius 1 is 1.38 bits per heavy atom. The van der Waals surface area contributed by atoms with Crippen molar-refractivity contribution in [1.82, 2.24) is 10.2 Å². The first-order valence-corrected chi connectivity index (χ1v) is 7.76. The maximum absolute atomic E-state index is 11.9. The molecule has 5 heteroatoms. The number of nitrogen functional groups attached to an aromatic ring is 1. The van der Waals surface area contributed by atoms with Crippen molar-refractivity contribution >= 4 is 17.3 Å². The Labute approximate surface area is 126 Å². The number of nitrogens with one attached hydrogen (secondary N) is 2. The van der Waals surface area contributed by atoms with Crippen LogP contribution in [0.2, 0.25) is 0 Å². The lowest BCUT2D eigenvalue weighted by Crippen LogP contribution is -2.33. The number of hydrogen-bond acceptors (Lipinski definition) is 4. The van der Waals surface area contributed by atoms with Crippen molar-refractivity contribution in [3.63, 3.8) is 0 Å². The van der Waals surface area contributed by atoms with Gasteiger partial charge in [0.25, 0.3) is 5.91 Å². The second-order valence-corrected chi connectivity index (χ2v) is 5.71. The van der Waals surface area contributed by atoms with Gasteiger partial charge in [0, 0.05) is 24.7 Å². The highest BCUT2D eigenvalue weighted by Crippen LogP contribution is 2.21. The van der Waals surface area contributed by atoms with Crippen LogP contribution in [0.5, 0.6) is 0 Å². The highest BCUT2D eigenvalue weighted by Gasteiger charge is 2.15. The van der Waals surface area contributed by atoms with E-state index >= 15 is 0 Å². The predicted molar refractivity (Wildman–Crippen MR) is 87.6 cm³/mol. The van der Waals surface area contributed by atoms with Crippen LogP contribution in [0, 0.1) is 0 Å². The standard InChI is InChI=1S/C16H26N4O/c1-3-18-16(21)13-6-7-14(17)15(10-13)19-12(2)11-20-8-4-5-9-20/h6-7,10,12,19H,3-5,8-9,11,17H2,1-2H3,(H,18,21). The molecule has 1 aliphatic heterocycles. The summed E-state index contributed by atoms with van der Waals surface area (Å²) in [4.78, 5) is 14.3. The lowest BCUT2D eigenvalue weighted by molar-refractivity contribution is 0.0956. The Morgan fingerprint density at radius 2 is 2.10 bits per heavy atom. The van der Waals surface area contributed by atoms with Gasteiger partial charge in [-0.15, -0.1) is 0 Å². The molecule has 5 nitrogen and oxygen atoms in total. The van der Waals surface area contributed by atoms with E-state index < -0.39 is 0 Å². The first kappa shape index (κ1) is 15.6. The van der Waals surface area contributed by atoms with Gasteiger partial charge in [-0.3, -0.25) is 4.79 Å². The number of carbonyl (C=O) groups excluding carboxylic acids is 1. The van der Waals surface area contributed by atoms with Crippen LogP contribution in [-0.2, 0) is 0 Å². The van der Waals surface area contributed by atoms with Crippen LogP contribution in [-0.4, -0.2) is 43.0 Å². The number of carbonyl (C=O) groups is 1. The molecule has 116 valence electrons. The van der Waals surface area contributed by atoms with Crippen LogP contribution in [0.15, 0.2) is 18.2 Å². The minimum atomic E-state index is -0.0623. The van der Waals surface area contributed by atoms with Crippen molar-refractivity contribution in [3.8, 4) is 0 Å². The Kier molecular flexibility index (Phi) is 5.44. The van der Waals surface area contributed by atoms with E-state index in [0.717, 1.165) is 12.2 Å². The molecule has 1 fully saturated rings. The molecule has 1 aromatic carbocycles.